The van der Waals surface area contributed by atoms with Crippen molar-refractivity contribution in [2.45, 2.75) is 31.4 Å². The minimum Gasteiger partial charge on any atom is -0.378 e. The molecule has 0 radical (unpaired) electrons. The van der Waals surface area contributed by atoms with E-state index in [2.05, 4.69) is 11.2 Å². The van der Waals surface area contributed by atoms with E-state index < -0.39 is 5.60 Å². The van der Waals surface area contributed by atoms with Gasteiger partial charge in [-0.05, 0) is 19.9 Å². The first-order valence-electron chi connectivity index (χ1n) is 3.60. The average molecular weight is 139 g/mol. The van der Waals surface area contributed by atoms with Gasteiger partial charge >= 0.3 is 0 Å². The van der Waals surface area contributed by atoms with Gasteiger partial charge in [0.25, 0.3) is 0 Å². The number of hydrogen-bond donors (Lipinski definition) is 2. The minimum atomic E-state index is -0.843. The second-order valence-corrected chi connectivity index (χ2v) is 2.99. The summed E-state index contributed by atoms with van der Waals surface area (Å²) in [6.45, 7) is 2.85. The number of piperidine rings is 1. The van der Waals surface area contributed by atoms with Crippen LogP contribution in [0.1, 0.15) is 19.8 Å². The van der Waals surface area contributed by atoms with Gasteiger partial charge in [-0.3, -0.25) is 0 Å². The molecule has 0 unspecified atom stereocenters. The maximum Gasteiger partial charge on any atom is 0.127 e. The third kappa shape index (κ3) is 1.50. The molecule has 0 aliphatic carbocycles. The SMILES string of the molecule is C#C[C@@]1(O)CCN[C@H](C)C1. The predicted octanol–water partition coefficient (Wildman–Crippen LogP) is 0.123. The van der Waals surface area contributed by atoms with Gasteiger partial charge < -0.3 is 10.4 Å². The lowest BCUT2D eigenvalue weighted by molar-refractivity contribution is 0.0537. The van der Waals surface area contributed by atoms with Crippen LogP contribution in [0.5, 0.6) is 0 Å². The second-order valence-electron chi connectivity index (χ2n) is 2.99. The topological polar surface area (TPSA) is 32.3 Å². The summed E-state index contributed by atoms with van der Waals surface area (Å²) in [5.41, 5.74) is -0.843. The summed E-state index contributed by atoms with van der Waals surface area (Å²) >= 11 is 0. The fourth-order valence-corrected chi connectivity index (χ4v) is 1.34. The fourth-order valence-electron chi connectivity index (χ4n) is 1.34. The largest absolute Gasteiger partial charge is 0.378 e. The maximum absolute atomic E-state index is 9.57. The smallest absolute Gasteiger partial charge is 0.127 e. The van der Waals surface area contributed by atoms with E-state index in [1.165, 1.54) is 0 Å². The summed E-state index contributed by atoms with van der Waals surface area (Å²) in [6.07, 6.45) is 6.52. The molecule has 1 rings (SSSR count). The first-order chi connectivity index (χ1) is 4.66. The third-order valence-electron chi connectivity index (χ3n) is 1.94. The van der Waals surface area contributed by atoms with Gasteiger partial charge in [0.2, 0.25) is 0 Å². The molecule has 0 saturated carbocycles. The third-order valence-corrected chi connectivity index (χ3v) is 1.94. The molecule has 1 aliphatic rings. The zero-order valence-corrected chi connectivity index (χ0v) is 6.22. The highest BCUT2D eigenvalue weighted by Crippen LogP contribution is 2.19. The lowest BCUT2D eigenvalue weighted by Crippen LogP contribution is -2.45. The van der Waals surface area contributed by atoms with Gasteiger partial charge in [-0.2, -0.15) is 0 Å². The lowest BCUT2D eigenvalue weighted by atomic mass is 9.89. The number of rotatable bonds is 0. The molecule has 0 bridgehead atoms. The Bertz CT molecular complexity index is 161. The molecule has 0 aromatic carbocycles. The van der Waals surface area contributed by atoms with Crippen LogP contribution in [0.4, 0.5) is 0 Å². The lowest BCUT2D eigenvalue weighted by Gasteiger charge is -2.31. The molecule has 0 spiro atoms. The van der Waals surface area contributed by atoms with Gasteiger partial charge in [0, 0.05) is 12.5 Å². The summed E-state index contributed by atoms with van der Waals surface area (Å²) in [5, 5.41) is 12.8. The standard InChI is InChI=1S/C8H13NO/c1-3-8(10)4-5-9-7(2)6-8/h1,7,9-10H,4-6H2,2H3/t7-,8-/m1/s1. The normalized spacial score (nSPS) is 40.7. The van der Waals surface area contributed by atoms with Crippen LogP contribution in [-0.2, 0) is 0 Å². The Labute approximate surface area is 61.6 Å². The van der Waals surface area contributed by atoms with Crippen molar-refractivity contribution in [3.63, 3.8) is 0 Å². The molecule has 2 N–H and O–H groups in total. The fraction of sp³-hybridized carbons (Fsp3) is 0.750. The van der Waals surface area contributed by atoms with Crippen LogP contribution in [0, 0.1) is 12.3 Å². The molecular formula is C8H13NO. The van der Waals surface area contributed by atoms with E-state index in [0.717, 1.165) is 6.54 Å². The van der Waals surface area contributed by atoms with E-state index in [1.54, 1.807) is 0 Å². The number of aliphatic hydroxyl groups is 1. The quantitative estimate of drug-likeness (QED) is 0.467. The molecule has 56 valence electrons. The molecule has 10 heavy (non-hydrogen) atoms. The van der Waals surface area contributed by atoms with Gasteiger partial charge in [-0.25, -0.2) is 0 Å². The summed E-state index contributed by atoms with van der Waals surface area (Å²) < 4.78 is 0. The van der Waals surface area contributed by atoms with Crippen LogP contribution in [0.25, 0.3) is 0 Å². The Morgan fingerprint density at radius 2 is 2.50 bits per heavy atom. The molecule has 2 heteroatoms. The van der Waals surface area contributed by atoms with Gasteiger partial charge in [-0.15, -0.1) is 6.42 Å². The highest BCUT2D eigenvalue weighted by Gasteiger charge is 2.29. The van der Waals surface area contributed by atoms with Crippen LogP contribution < -0.4 is 5.32 Å². The van der Waals surface area contributed by atoms with Gasteiger partial charge in [0.15, 0.2) is 0 Å². The minimum absolute atomic E-state index is 0.342. The molecule has 0 aromatic heterocycles. The van der Waals surface area contributed by atoms with Crippen molar-refractivity contribution in [1.82, 2.24) is 5.32 Å². The molecule has 1 heterocycles. The monoisotopic (exact) mass is 139 g/mol. The molecule has 2 atom stereocenters. The zero-order chi connectivity index (χ0) is 7.61. The van der Waals surface area contributed by atoms with E-state index in [4.69, 9.17) is 6.42 Å². The Morgan fingerprint density at radius 1 is 1.80 bits per heavy atom. The Morgan fingerprint density at radius 3 is 2.90 bits per heavy atom. The Hall–Kier alpha value is -0.520. The molecule has 0 aromatic rings. The van der Waals surface area contributed by atoms with Crippen molar-refractivity contribution in [3.05, 3.63) is 0 Å². The van der Waals surface area contributed by atoms with Crippen molar-refractivity contribution in [2.24, 2.45) is 0 Å². The van der Waals surface area contributed by atoms with Crippen LogP contribution in [0.2, 0.25) is 0 Å². The molecule has 0 amide bonds. The highest BCUT2D eigenvalue weighted by atomic mass is 16.3. The first kappa shape index (κ1) is 7.59. The predicted molar refractivity (Wildman–Crippen MR) is 40.5 cm³/mol. The molecule has 1 saturated heterocycles. The van der Waals surface area contributed by atoms with Gasteiger partial charge in [-0.1, -0.05) is 5.92 Å². The van der Waals surface area contributed by atoms with Crippen molar-refractivity contribution in [2.75, 3.05) is 6.54 Å². The number of hydrogen-bond acceptors (Lipinski definition) is 2. The van der Waals surface area contributed by atoms with Crippen molar-refractivity contribution >= 4 is 0 Å². The zero-order valence-electron chi connectivity index (χ0n) is 6.22. The molecule has 2 nitrogen and oxygen atoms in total. The van der Waals surface area contributed by atoms with Crippen LogP contribution in [0.15, 0.2) is 0 Å². The van der Waals surface area contributed by atoms with Crippen molar-refractivity contribution in [3.8, 4) is 12.3 Å². The van der Waals surface area contributed by atoms with Crippen LogP contribution in [0.3, 0.4) is 0 Å². The Balaban J connectivity index is 2.56. The molecule has 1 fully saturated rings. The highest BCUT2D eigenvalue weighted by molar-refractivity contribution is 5.10. The summed E-state index contributed by atoms with van der Waals surface area (Å²) in [7, 11) is 0. The number of nitrogens with one attached hydrogen (secondary N) is 1. The second kappa shape index (κ2) is 2.61. The van der Waals surface area contributed by atoms with Crippen molar-refractivity contribution in [1.29, 1.82) is 0 Å². The van der Waals surface area contributed by atoms with Gasteiger partial charge in [0.05, 0.1) is 0 Å². The van der Waals surface area contributed by atoms with Crippen molar-refractivity contribution < 1.29 is 5.11 Å². The van der Waals surface area contributed by atoms with Crippen LogP contribution >= 0.6 is 0 Å². The number of terminal acetylenes is 1. The Kier molecular flexibility index (Phi) is 1.98. The maximum atomic E-state index is 9.57. The molecule has 1 aliphatic heterocycles. The van der Waals surface area contributed by atoms with E-state index in [9.17, 15) is 5.11 Å². The van der Waals surface area contributed by atoms with E-state index >= 15 is 0 Å². The average Bonchev–Trinajstić information content (AvgIpc) is 1.88. The van der Waals surface area contributed by atoms with Crippen LogP contribution in [-0.4, -0.2) is 23.3 Å². The van der Waals surface area contributed by atoms with E-state index in [-0.39, 0.29) is 0 Å². The summed E-state index contributed by atoms with van der Waals surface area (Å²) in [6, 6.07) is 0.342. The van der Waals surface area contributed by atoms with E-state index in [0.29, 0.717) is 18.9 Å². The van der Waals surface area contributed by atoms with Gasteiger partial charge in [0.1, 0.15) is 5.60 Å². The summed E-state index contributed by atoms with van der Waals surface area (Å²) in [4.78, 5) is 0. The molecular weight excluding hydrogens is 126 g/mol. The van der Waals surface area contributed by atoms with E-state index in [1.807, 2.05) is 6.92 Å². The first-order valence-corrected chi connectivity index (χ1v) is 3.60. The summed E-state index contributed by atoms with van der Waals surface area (Å²) in [5.74, 6) is 2.43.